The van der Waals surface area contributed by atoms with Crippen molar-refractivity contribution in [1.82, 2.24) is 19.5 Å². The predicted molar refractivity (Wildman–Crippen MR) is 109 cm³/mol. The number of aryl methyl sites for hydroxylation is 1. The van der Waals surface area contributed by atoms with Crippen LogP contribution in [-0.4, -0.2) is 31.3 Å². The van der Waals surface area contributed by atoms with E-state index in [-0.39, 0.29) is 17.3 Å². The molecule has 0 aliphatic carbocycles. The Morgan fingerprint density at radius 3 is 2.79 bits per heavy atom. The number of carbonyl (C=O) groups excluding carboxylic acids is 2. The van der Waals surface area contributed by atoms with Gasteiger partial charge in [-0.25, -0.2) is 14.4 Å². The number of hydrogen-bond acceptors (Lipinski definition) is 4. The van der Waals surface area contributed by atoms with Gasteiger partial charge in [0, 0.05) is 4.47 Å². The number of rotatable bonds is 4. The number of primary amides is 1. The highest BCUT2D eigenvalue weighted by atomic mass is 79.9. The number of hydrogen-bond donors (Lipinski definition) is 3. The summed E-state index contributed by atoms with van der Waals surface area (Å²) in [5, 5.41) is 2.53. The zero-order valence-corrected chi connectivity index (χ0v) is 16.6. The minimum absolute atomic E-state index is 0.0640. The number of halogens is 2. The molecule has 146 valence electrons. The maximum atomic E-state index is 13.3. The molecule has 2 aromatic carbocycles. The third-order valence-corrected chi connectivity index (χ3v) is 4.82. The number of H-pyrrole nitrogens is 1. The minimum Gasteiger partial charge on any atom is -0.364 e. The number of amides is 2. The standard InChI is InChI=1S/C19H14BrFN6O2/c1-9-2-3-10(20)6-14(9)27-8-23-15(16(27)17(22)28)18(29)26-19-24-12-5-4-11(21)7-13(12)25-19/h2-8H,1H3,(H2,22,28)(H2,24,25,26,29). The number of benzene rings is 2. The number of nitrogens with two attached hydrogens (primary N) is 1. The molecule has 0 bridgehead atoms. The fourth-order valence-electron chi connectivity index (χ4n) is 2.98. The third kappa shape index (κ3) is 3.49. The number of nitrogens with one attached hydrogen (secondary N) is 2. The second-order valence-corrected chi connectivity index (χ2v) is 7.22. The van der Waals surface area contributed by atoms with Crippen molar-refractivity contribution in [1.29, 1.82) is 0 Å². The number of nitrogens with zero attached hydrogens (tertiary/aromatic N) is 3. The van der Waals surface area contributed by atoms with Gasteiger partial charge >= 0.3 is 0 Å². The van der Waals surface area contributed by atoms with Crippen LogP contribution in [0.3, 0.4) is 0 Å². The minimum atomic E-state index is -0.807. The van der Waals surface area contributed by atoms with Crippen LogP contribution in [0.2, 0.25) is 0 Å². The first kappa shape index (κ1) is 18.8. The Balaban J connectivity index is 1.72. The molecule has 0 radical (unpaired) electrons. The molecule has 2 amide bonds. The molecule has 0 spiro atoms. The van der Waals surface area contributed by atoms with Crippen molar-refractivity contribution in [3.8, 4) is 5.69 Å². The molecular formula is C19H14BrFN6O2. The lowest BCUT2D eigenvalue weighted by atomic mass is 10.2. The highest BCUT2D eigenvalue weighted by Gasteiger charge is 2.24. The van der Waals surface area contributed by atoms with E-state index >= 15 is 0 Å². The molecule has 0 aliphatic rings. The molecule has 4 rings (SSSR count). The van der Waals surface area contributed by atoms with Gasteiger partial charge in [-0.15, -0.1) is 0 Å². The first-order valence-electron chi connectivity index (χ1n) is 8.44. The van der Waals surface area contributed by atoms with Gasteiger partial charge in [-0.1, -0.05) is 22.0 Å². The van der Waals surface area contributed by atoms with E-state index in [1.807, 2.05) is 19.1 Å². The number of aromatic nitrogens is 4. The Kier molecular flexibility index (Phi) is 4.63. The van der Waals surface area contributed by atoms with Gasteiger partial charge in [0.2, 0.25) is 5.95 Å². The molecule has 4 aromatic rings. The Labute approximate surface area is 172 Å². The molecule has 10 heteroatoms. The van der Waals surface area contributed by atoms with E-state index < -0.39 is 17.6 Å². The van der Waals surface area contributed by atoms with Crippen LogP contribution >= 0.6 is 15.9 Å². The van der Waals surface area contributed by atoms with E-state index in [0.717, 1.165) is 10.0 Å². The summed E-state index contributed by atoms with van der Waals surface area (Å²) in [6.07, 6.45) is 1.36. The summed E-state index contributed by atoms with van der Waals surface area (Å²) >= 11 is 3.39. The molecule has 0 saturated carbocycles. The van der Waals surface area contributed by atoms with Crippen LogP contribution in [0.1, 0.15) is 26.5 Å². The van der Waals surface area contributed by atoms with Crippen LogP contribution in [0.4, 0.5) is 10.3 Å². The van der Waals surface area contributed by atoms with Crippen LogP contribution in [0.15, 0.2) is 47.2 Å². The van der Waals surface area contributed by atoms with Crippen LogP contribution in [0, 0.1) is 12.7 Å². The quantitative estimate of drug-likeness (QED) is 0.436. The second-order valence-electron chi connectivity index (χ2n) is 6.31. The average molecular weight is 457 g/mol. The van der Waals surface area contributed by atoms with Gasteiger partial charge in [0.05, 0.1) is 16.7 Å². The largest absolute Gasteiger partial charge is 0.364 e. The summed E-state index contributed by atoms with van der Waals surface area (Å²) in [5.74, 6) is -1.82. The molecule has 0 fully saturated rings. The topological polar surface area (TPSA) is 119 Å². The van der Waals surface area contributed by atoms with Crippen molar-refractivity contribution in [3.05, 3.63) is 70.0 Å². The van der Waals surface area contributed by atoms with Gasteiger partial charge in [-0.2, -0.15) is 0 Å². The third-order valence-electron chi connectivity index (χ3n) is 4.32. The van der Waals surface area contributed by atoms with Crippen LogP contribution in [0.5, 0.6) is 0 Å². The molecular weight excluding hydrogens is 443 g/mol. The molecule has 2 aromatic heterocycles. The number of imidazole rings is 2. The fraction of sp³-hybridized carbons (Fsp3) is 0.0526. The average Bonchev–Trinajstić information content (AvgIpc) is 3.27. The Morgan fingerprint density at radius 2 is 2.03 bits per heavy atom. The maximum absolute atomic E-state index is 13.3. The number of aromatic amines is 1. The first-order chi connectivity index (χ1) is 13.8. The van der Waals surface area contributed by atoms with Crippen molar-refractivity contribution in [2.75, 3.05) is 5.32 Å². The summed E-state index contributed by atoms with van der Waals surface area (Å²) in [5.41, 5.74) is 7.74. The molecule has 0 aliphatic heterocycles. The van der Waals surface area contributed by atoms with Crippen molar-refractivity contribution >= 4 is 44.7 Å². The lowest BCUT2D eigenvalue weighted by Gasteiger charge is -2.10. The van der Waals surface area contributed by atoms with Gasteiger partial charge in [0.15, 0.2) is 5.69 Å². The molecule has 2 heterocycles. The van der Waals surface area contributed by atoms with Crippen molar-refractivity contribution < 1.29 is 14.0 Å². The number of fused-ring (bicyclic) bond motifs is 1. The van der Waals surface area contributed by atoms with Gasteiger partial charge in [0.25, 0.3) is 11.8 Å². The van der Waals surface area contributed by atoms with Crippen molar-refractivity contribution in [2.24, 2.45) is 5.73 Å². The van der Waals surface area contributed by atoms with Gasteiger partial charge in [-0.05, 0) is 42.8 Å². The SMILES string of the molecule is Cc1ccc(Br)cc1-n1cnc(C(=O)Nc2nc3ccc(F)cc3[nH]2)c1C(N)=O. The number of anilines is 1. The molecule has 29 heavy (non-hydrogen) atoms. The smallest absolute Gasteiger partial charge is 0.279 e. The summed E-state index contributed by atoms with van der Waals surface area (Å²) < 4.78 is 15.6. The van der Waals surface area contributed by atoms with E-state index in [1.165, 1.54) is 29.1 Å². The summed E-state index contributed by atoms with van der Waals surface area (Å²) in [7, 11) is 0. The second kappa shape index (κ2) is 7.13. The highest BCUT2D eigenvalue weighted by molar-refractivity contribution is 9.10. The van der Waals surface area contributed by atoms with Crippen molar-refractivity contribution in [3.63, 3.8) is 0 Å². The van der Waals surface area contributed by atoms with Crippen molar-refractivity contribution in [2.45, 2.75) is 6.92 Å². The van der Waals surface area contributed by atoms with E-state index in [0.29, 0.717) is 16.7 Å². The lowest BCUT2D eigenvalue weighted by molar-refractivity contribution is 0.0970. The molecule has 8 nitrogen and oxygen atoms in total. The molecule has 4 N–H and O–H groups in total. The summed E-state index contributed by atoms with van der Waals surface area (Å²) in [6.45, 7) is 1.86. The van der Waals surface area contributed by atoms with E-state index in [2.05, 4.69) is 36.2 Å². The van der Waals surface area contributed by atoms with Gasteiger partial charge in [-0.3, -0.25) is 19.5 Å². The monoisotopic (exact) mass is 456 g/mol. The first-order valence-corrected chi connectivity index (χ1v) is 9.23. The Bertz CT molecular complexity index is 1280. The predicted octanol–water partition coefficient (Wildman–Crippen LogP) is 3.31. The van der Waals surface area contributed by atoms with E-state index in [4.69, 9.17) is 5.73 Å². The van der Waals surface area contributed by atoms with Crippen LogP contribution < -0.4 is 11.1 Å². The summed E-state index contributed by atoms with van der Waals surface area (Å²) in [6, 6.07) is 9.52. The maximum Gasteiger partial charge on any atom is 0.279 e. The van der Waals surface area contributed by atoms with Gasteiger partial charge < -0.3 is 10.7 Å². The Hall–Kier alpha value is -3.53. The zero-order valence-electron chi connectivity index (χ0n) is 15.0. The zero-order chi connectivity index (χ0) is 20.7. The number of carbonyl (C=O) groups is 2. The fourth-order valence-corrected chi connectivity index (χ4v) is 3.33. The highest BCUT2D eigenvalue weighted by Crippen LogP contribution is 2.23. The summed E-state index contributed by atoms with van der Waals surface area (Å²) in [4.78, 5) is 35.9. The van der Waals surface area contributed by atoms with E-state index in [9.17, 15) is 14.0 Å². The Morgan fingerprint density at radius 1 is 1.24 bits per heavy atom. The normalized spacial score (nSPS) is 11.0. The lowest BCUT2D eigenvalue weighted by Crippen LogP contribution is -2.23. The van der Waals surface area contributed by atoms with Crippen LogP contribution in [0.25, 0.3) is 16.7 Å². The molecule has 0 atom stereocenters. The molecule has 0 saturated heterocycles. The van der Waals surface area contributed by atoms with Gasteiger partial charge in [0.1, 0.15) is 17.8 Å². The molecule has 0 unspecified atom stereocenters. The van der Waals surface area contributed by atoms with E-state index in [1.54, 1.807) is 6.07 Å². The van der Waals surface area contributed by atoms with Crippen LogP contribution in [-0.2, 0) is 0 Å².